The van der Waals surface area contributed by atoms with Gasteiger partial charge in [-0.15, -0.1) is 6.58 Å². The van der Waals surface area contributed by atoms with Crippen molar-refractivity contribution in [1.29, 1.82) is 0 Å². The smallest absolute Gasteiger partial charge is 0.147 e. The van der Waals surface area contributed by atoms with Crippen LogP contribution in [0.3, 0.4) is 0 Å². The number of ether oxygens (including phenoxy) is 1. The minimum absolute atomic E-state index is 0.108. The second kappa shape index (κ2) is 6.14. The molecule has 0 N–H and O–H groups in total. The van der Waals surface area contributed by atoms with E-state index < -0.39 is 0 Å². The lowest BCUT2D eigenvalue weighted by atomic mass is 9.97. The molecular weight excluding hydrogens is 180 g/mol. The monoisotopic (exact) mass is 200 g/mol. The summed E-state index contributed by atoms with van der Waals surface area (Å²) in [4.78, 5) is 0. The summed E-state index contributed by atoms with van der Waals surface area (Å²) in [5.74, 6) is 0.600. The number of rotatable bonds is 7. The second-order valence-corrected chi connectivity index (χ2v) is 4.27. The molecular formula is C11H20OS. The number of thiocarbonyl (C=S) groups is 1. The maximum Gasteiger partial charge on any atom is 0.147 e. The molecule has 13 heavy (non-hydrogen) atoms. The molecule has 0 aliphatic carbocycles. The highest BCUT2D eigenvalue weighted by molar-refractivity contribution is 7.78. The van der Waals surface area contributed by atoms with Crippen LogP contribution in [0.1, 0.15) is 40.0 Å². The van der Waals surface area contributed by atoms with Crippen molar-refractivity contribution in [2.45, 2.75) is 45.6 Å². The highest BCUT2D eigenvalue weighted by Gasteiger charge is 2.17. The van der Waals surface area contributed by atoms with E-state index >= 15 is 0 Å². The molecule has 0 aliphatic rings. The Morgan fingerprint density at radius 1 is 1.54 bits per heavy atom. The van der Waals surface area contributed by atoms with Crippen molar-refractivity contribution < 1.29 is 4.74 Å². The first-order valence-corrected chi connectivity index (χ1v) is 5.23. The largest absolute Gasteiger partial charge is 0.484 e. The molecule has 0 aromatic heterocycles. The summed E-state index contributed by atoms with van der Waals surface area (Å²) in [6.45, 7) is 10.1. The highest BCUT2D eigenvalue weighted by atomic mass is 32.1. The van der Waals surface area contributed by atoms with Crippen LogP contribution < -0.4 is 0 Å². The van der Waals surface area contributed by atoms with Crippen LogP contribution in [0, 0.1) is 5.92 Å². The van der Waals surface area contributed by atoms with E-state index in [1.54, 1.807) is 0 Å². The Labute approximate surface area is 87.2 Å². The Morgan fingerprint density at radius 3 is 2.62 bits per heavy atom. The number of hydrogen-bond donors (Lipinski definition) is 0. The van der Waals surface area contributed by atoms with Crippen LogP contribution in [0.5, 0.6) is 0 Å². The van der Waals surface area contributed by atoms with Crippen LogP contribution in [-0.4, -0.2) is 11.2 Å². The fraction of sp³-hybridized carbons (Fsp3) is 0.727. The molecule has 0 saturated carbocycles. The maximum atomic E-state index is 5.31. The third kappa shape index (κ3) is 6.76. The normalized spacial score (nSPS) is 13.5. The molecule has 1 nitrogen and oxygen atoms in total. The van der Waals surface area contributed by atoms with Gasteiger partial charge in [-0.2, -0.15) is 0 Å². The van der Waals surface area contributed by atoms with Crippen molar-refractivity contribution in [3.8, 4) is 0 Å². The molecule has 1 unspecified atom stereocenters. The molecule has 2 heteroatoms. The van der Waals surface area contributed by atoms with Gasteiger partial charge in [0.1, 0.15) is 11.2 Å². The second-order valence-electron chi connectivity index (χ2n) is 4.08. The van der Waals surface area contributed by atoms with Gasteiger partial charge in [0.05, 0.1) is 0 Å². The molecule has 0 heterocycles. The summed E-state index contributed by atoms with van der Waals surface area (Å²) >= 11 is 4.66. The minimum Gasteiger partial charge on any atom is -0.484 e. The molecule has 0 rings (SSSR count). The Bertz CT molecular complexity index is 163. The molecule has 0 fully saturated rings. The summed E-state index contributed by atoms with van der Waals surface area (Å²) in [6.07, 6.45) is 5.36. The summed E-state index contributed by atoms with van der Waals surface area (Å²) in [5, 5.41) is 0. The fourth-order valence-electron chi connectivity index (χ4n) is 1.16. The molecule has 0 bridgehead atoms. The van der Waals surface area contributed by atoms with Crippen LogP contribution in [-0.2, 0) is 4.74 Å². The zero-order valence-corrected chi connectivity index (χ0v) is 9.69. The lowest BCUT2D eigenvalue weighted by Gasteiger charge is -2.23. The van der Waals surface area contributed by atoms with Crippen LogP contribution >= 0.6 is 12.2 Å². The van der Waals surface area contributed by atoms with Gasteiger partial charge in [-0.25, -0.2) is 0 Å². The Kier molecular flexibility index (Phi) is 5.97. The topological polar surface area (TPSA) is 9.23 Å². The van der Waals surface area contributed by atoms with E-state index in [-0.39, 0.29) is 5.60 Å². The van der Waals surface area contributed by atoms with Gasteiger partial charge in [-0.05, 0) is 51.2 Å². The maximum absolute atomic E-state index is 5.31. The standard InChI is InChI=1S/C11H20OS/c1-5-10(2)7-6-8-11(3,4)12-9-13/h5,9-10H,1,6-8H2,2-4H3. The summed E-state index contributed by atoms with van der Waals surface area (Å²) in [6, 6.07) is 0. The van der Waals surface area contributed by atoms with Crippen molar-refractivity contribution in [2.75, 3.05) is 0 Å². The van der Waals surface area contributed by atoms with Crippen molar-refractivity contribution in [2.24, 2.45) is 5.92 Å². The third-order valence-corrected chi connectivity index (χ3v) is 2.30. The summed E-state index contributed by atoms with van der Waals surface area (Å²) in [7, 11) is 0. The average Bonchev–Trinajstić information content (AvgIpc) is 2.03. The van der Waals surface area contributed by atoms with Gasteiger partial charge in [0, 0.05) is 0 Å². The molecule has 0 aromatic rings. The summed E-state index contributed by atoms with van der Waals surface area (Å²) in [5.41, 5.74) is 1.25. The molecule has 0 aromatic carbocycles. The van der Waals surface area contributed by atoms with E-state index in [0.29, 0.717) is 5.92 Å². The Balaban J connectivity index is 3.62. The third-order valence-electron chi connectivity index (χ3n) is 2.21. The summed E-state index contributed by atoms with van der Waals surface area (Å²) < 4.78 is 5.31. The van der Waals surface area contributed by atoms with Crippen molar-refractivity contribution >= 4 is 17.8 Å². The molecule has 0 saturated heterocycles. The fourth-order valence-corrected chi connectivity index (χ4v) is 1.42. The highest BCUT2D eigenvalue weighted by Crippen LogP contribution is 2.19. The SMILES string of the molecule is C=CC(C)CCCC(C)(C)OC=S. The van der Waals surface area contributed by atoms with Crippen molar-refractivity contribution in [3.63, 3.8) is 0 Å². The molecule has 1 atom stereocenters. The zero-order valence-electron chi connectivity index (χ0n) is 8.88. The van der Waals surface area contributed by atoms with E-state index in [1.807, 2.05) is 6.08 Å². The van der Waals surface area contributed by atoms with E-state index in [0.717, 1.165) is 12.8 Å². The van der Waals surface area contributed by atoms with Crippen LogP contribution in [0.25, 0.3) is 0 Å². The number of allylic oxidation sites excluding steroid dienone is 1. The predicted octanol–water partition coefficient (Wildman–Crippen LogP) is 3.73. The first-order chi connectivity index (χ1) is 6.02. The zero-order chi connectivity index (χ0) is 10.3. The molecule has 0 aliphatic heterocycles. The van der Waals surface area contributed by atoms with Crippen molar-refractivity contribution in [1.82, 2.24) is 0 Å². The van der Waals surface area contributed by atoms with E-state index in [4.69, 9.17) is 4.74 Å². The molecule has 76 valence electrons. The first-order valence-electron chi connectivity index (χ1n) is 4.76. The molecule has 0 spiro atoms. The van der Waals surface area contributed by atoms with Crippen LogP contribution in [0.2, 0.25) is 0 Å². The van der Waals surface area contributed by atoms with Gasteiger partial charge >= 0.3 is 0 Å². The lowest BCUT2D eigenvalue weighted by molar-refractivity contribution is 0.0945. The van der Waals surface area contributed by atoms with E-state index in [9.17, 15) is 0 Å². The van der Waals surface area contributed by atoms with Crippen LogP contribution in [0.15, 0.2) is 12.7 Å². The minimum atomic E-state index is -0.108. The average molecular weight is 200 g/mol. The Morgan fingerprint density at radius 2 is 2.15 bits per heavy atom. The first kappa shape index (κ1) is 12.6. The van der Waals surface area contributed by atoms with Gasteiger partial charge < -0.3 is 4.74 Å². The quantitative estimate of drug-likeness (QED) is 0.457. The van der Waals surface area contributed by atoms with Gasteiger partial charge in [0.25, 0.3) is 0 Å². The molecule has 0 amide bonds. The van der Waals surface area contributed by atoms with E-state index in [1.165, 1.54) is 12.0 Å². The van der Waals surface area contributed by atoms with Gasteiger partial charge in [-0.3, -0.25) is 0 Å². The van der Waals surface area contributed by atoms with E-state index in [2.05, 4.69) is 39.6 Å². The predicted molar refractivity (Wildman–Crippen MR) is 62.0 cm³/mol. The van der Waals surface area contributed by atoms with Crippen molar-refractivity contribution in [3.05, 3.63) is 12.7 Å². The molecule has 0 radical (unpaired) electrons. The van der Waals surface area contributed by atoms with Gasteiger partial charge in [0.15, 0.2) is 0 Å². The Hall–Kier alpha value is -0.370. The lowest BCUT2D eigenvalue weighted by Crippen LogP contribution is -2.23. The van der Waals surface area contributed by atoms with Gasteiger partial charge in [-0.1, -0.05) is 13.0 Å². The number of hydrogen-bond acceptors (Lipinski definition) is 2. The van der Waals surface area contributed by atoms with Crippen LogP contribution in [0.4, 0.5) is 0 Å². The van der Waals surface area contributed by atoms with Gasteiger partial charge in [0.2, 0.25) is 0 Å².